The number of carbonyl (C=O) groups excluding carboxylic acids is 1. The number of fused-ring (bicyclic) bond motifs is 1. The van der Waals surface area contributed by atoms with Crippen LogP contribution in [0.5, 0.6) is 11.5 Å². The van der Waals surface area contributed by atoms with Gasteiger partial charge in [-0.1, -0.05) is 11.6 Å². The smallest absolute Gasteiger partial charge is 0.221 e. The van der Waals surface area contributed by atoms with Crippen LogP contribution in [0, 0.1) is 0 Å². The van der Waals surface area contributed by atoms with E-state index in [0.717, 1.165) is 12.8 Å². The second kappa shape index (κ2) is 6.57. The van der Waals surface area contributed by atoms with Crippen LogP contribution in [0.25, 0.3) is 0 Å². The Morgan fingerprint density at radius 1 is 1.26 bits per heavy atom. The highest BCUT2D eigenvalue weighted by Crippen LogP contribution is 2.38. The normalized spacial score (nSPS) is 16.9. The molecule has 1 amide bonds. The summed E-state index contributed by atoms with van der Waals surface area (Å²) in [7, 11) is -3.40. The van der Waals surface area contributed by atoms with Crippen molar-refractivity contribution in [2.45, 2.75) is 31.1 Å². The molecule has 2 aliphatic rings. The third-order valence-electron chi connectivity index (χ3n) is 3.63. The average molecular weight is 360 g/mol. The summed E-state index contributed by atoms with van der Waals surface area (Å²) in [6, 6.07) is 3.43. The average Bonchev–Trinajstić information content (AvgIpc) is 3.29. The Kier molecular flexibility index (Phi) is 4.68. The molecular weight excluding hydrogens is 342 g/mol. The maximum atomic E-state index is 12.2. The number of benzene rings is 1. The fourth-order valence-electron chi connectivity index (χ4n) is 2.35. The number of rotatable bonds is 6. The molecule has 0 saturated heterocycles. The van der Waals surface area contributed by atoms with Crippen LogP contribution >= 0.6 is 11.6 Å². The second-order valence-electron chi connectivity index (χ2n) is 5.79. The number of hydrogen-bond donors (Lipinski definition) is 1. The Morgan fingerprint density at radius 3 is 2.74 bits per heavy atom. The van der Waals surface area contributed by atoms with Crippen LogP contribution in [0.15, 0.2) is 12.1 Å². The fourth-order valence-corrected chi connectivity index (χ4v) is 3.95. The summed E-state index contributed by atoms with van der Waals surface area (Å²) in [5, 5.41) is 3.11. The summed E-state index contributed by atoms with van der Waals surface area (Å²) >= 11 is 6.10. The van der Waals surface area contributed by atoms with Crippen LogP contribution in [0.2, 0.25) is 5.02 Å². The predicted octanol–water partition coefficient (Wildman–Crippen LogP) is 1.69. The minimum atomic E-state index is -3.40. The lowest BCUT2D eigenvalue weighted by atomic mass is 10.2. The van der Waals surface area contributed by atoms with Gasteiger partial charge in [-0.25, -0.2) is 8.42 Å². The minimum absolute atomic E-state index is 0.0167. The monoisotopic (exact) mass is 359 g/mol. The van der Waals surface area contributed by atoms with Gasteiger partial charge in [0, 0.05) is 12.5 Å². The Labute approximate surface area is 140 Å². The molecule has 126 valence electrons. The van der Waals surface area contributed by atoms with E-state index in [1.54, 1.807) is 12.1 Å². The molecule has 0 unspecified atom stereocenters. The first kappa shape index (κ1) is 16.4. The summed E-state index contributed by atoms with van der Waals surface area (Å²) in [5.41, 5.74) is 0.529. The van der Waals surface area contributed by atoms with Crippen LogP contribution in [0.1, 0.15) is 24.8 Å². The summed E-state index contributed by atoms with van der Waals surface area (Å²) in [4.78, 5) is 11.6. The highest BCUT2D eigenvalue weighted by Gasteiger charge is 2.24. The minimum Gasteiger partial charge on any atom is -0.486 e. The third-order valence-corrected chi connectivity index (χ3v) is 5.51. The molecule has 8 heteroatoms. The van der Waals surface area contributed by atoms with Crippen molar-refractivity contribution in [1.82, 2.24) is 5.32 Å². The van der Waals surface area contributed by atoms with E-state index in [9.17, 15) is 13.2 Å². The number of halogens is 1. The van der Waals surface area contributed by atoms with Crippen molar-refractivity contribution >= 4 is 27.3 Å². The van der Waals surface area contributed by atoms with E-state index < -0.39 is 9.84 Å². The lowest BCUT2D eigenvalue weighted by Gasteiger charge is -2.20. The molecule has 1 saturated carbocycles. The molecule has 1 aliphatic carbocycles. The van der Waals surface area contributed by atoms with Crippen LogP contribution in [-0.2, 0) is 20.4 Å². The van der Waals surface area contributed by atoms with Crippen LogP contribution in [0.3, 0.4) is 0 Å². The van der Waals surface area contributed by atoms with E-state index in [0.29, 0.717) is 35.3 Å². The molecule has 0 atom stereocenters. The van der Waals surface area contributed by atoms with Gasteiger partial charge in [0.05, 0.1) is 16.5 Å². The molecule has 1 aliphatic heterocycles. The van der Waals surface area contributed by atoms with Gasteiger partial charge in [0.15, 0.2) is 21.3 Å². The van der Waals surface area contributed by atoms with E-state index in [1.807, 2.05) is 0 Å². The van der Waals surface area contributed by atoms with Gasteiger partial charge < -0.3 is 14.8 Å². The van der Waals surface area contributed by atoms with Gasteiger partial charge >= 0.3 is 0 Å². The molecule has 1 heterocycles. The van der Waals surface area contributed by atoms with E-state index in [-0.39, 0.29) is 29.9 Å². The van der Waals surface area contributed by atoms with Gasteiger partial charge in [-0.15, -0.1) is 0 Å². The molecule has 0 aromatic heterocycles. The molecule has 3 rings (SSSR count). The van der Waals surface area contributed by atoms with Crippen molar-refractivity contribution in [3.05, 3.63) is 22.7 Å². The van der Waals surface area contributed by atoms with Crippen LogP contribution in [-0.4, -0.2) is 39.3 Å². The predicted molar refractivity (Wildman–Crippen MR) is 85.7 cm³/mol. The van der Waals surface area contributed by atoms with Gasteiger partial charge in [-0.05, 0) is 30.5 Å². The maximum absolute atomic E-state index is 12.2. The molecule has 1 fully saturated rings. The van der Waals surface area contributed by atoms with Crippen molar-refractivity contribution in [2.75, 3.05) is 19.0 Å². The largest absolute Gasteiger partial charge is 0.486 e. The Morgan fingerprint density at radius 2 is 2.00 bits per heavy atom. The highest BCUT2D eigenvalue weighted by atomic mass is 35.5. The Hall–Kier alpha value is -1.47. The number of amides is 1. The number of sulfone groups is 1. The zero-order chi connectivity index (χ0) is 16.4. The standard InChI is InChI=1S/C15H18ClNO5S/c16-12-7-10(8-13-15(12)22-5-4-21-13)9-23(19,20)6-3-14(18)17-11-1-2-11/h7-8,11H,1-6,9H2,(H,17,18). The Balaban J connectivity index is 1.63. The van der Waals surface area contributed by atoms with Gasteiger partial charge in [-0.2, -0.15) is 0 Å². The van der Waals surface area contributed by atoms with Gasteiger partial charge in [0.2, 0.25) is 5.91 Å². The zero-order valence-corrected chi connectivity index (χ0v) is 14.1. The molecular formula is C15H18ClNO5S. The number of ether oxygens (including phenoxy) is 2. The zero-order valence-electron chi connectivity index (χ0n) is 12.5. The molecule has 0 spiro atoms. The number of nitrogens with one attached hydrogen (secondary N) is 1. The topological polar surface area (TPSA) is 81.7 Å². The van der Waals surface area contributed by atoms with Crippen molar-refractivity contribution in [2.24, 2.45) is 0 Å². The van der Waals surface area contributed by atoms with Gasteiger partial charge in [0.25, 0.3) is 0 Å². The second-order valence-corrected chi connectivity index (χ2v) is 8.38. The number of hydrogen-bond acceptors (Lipinski definition) is 5. The highest BCUT2D eigenvalue weighted by molar-refractivity contribution is 7.90. The summed E-state index contributed by atoms with van der Waals surface area (Å²) < 4.78 is 35.2. The SMILES string of the molecule is O=C(CCS(=O)(=O)Cc1cc(Cl)c2c(c1)OCCO2)NC1CC1. The summed E-state index contributed by atoms with van der Waals surface area (Å²) in [5.74, 6) is 0.331. The number of carbonyl (C=O) groups is 1. The van der Waals surface area contributed by atoms with Crippen molar-refractivity contribution in [3.63, 3.8) is 0 Å². The van der Waals surface area contributed by atoms with E-state index in [1.165, 1.54) is 0 Å². The molecule has 0 radical (unpaired) electrons. The van der Waals surface area contributed by atoms with E-state index in [4.69, 9.17) is 21.1 Å². The first-order valence-electron chi connectivity index (χ1n) is 7.51. The van der Waals surface area contributed by atoms with Crippen molar-refractivity contribution in [3.8, 4) is 11.5 Å². The molecule has 1 aromatic carbocycles. The van der Waals surface area contributed by atoms with Gasteiger partial charge in [0.1, 0.15) is 13.2 Å². The molecule has 0 bridgehead atoms. The fraction of sp³-hybridized carbons (Fsp3) is 0.533. The van der Waals surface area contributed by atoms with Crippen LogP contribution in [0.4, 0.5) is 0 Å². The third kappa shape index (κ3) is 4.51. The first-order valence-corrected chi connectivity index (χ1v) is 9.71. The molecule has 1 aromatic rings. The molecule has 1 N–H and O–H groups in total. The Bertz CT molecular complexity index is 715. The van der Waals surface area contributed by atoms with Crippen molar-refractivity contribution < 1.29 is 22.7 Å². The summed E-state index contributed by atoms with van der Waals surface area (Å²) in [6.07, 6.45) is 1.94. The van der Waals surface area contributed by atoms with Crippen LogP contribution < -0.4 is 14.8 Å². The maximum Gasteiger partial charge on any atom is 0.221 e. The van der Waals surface area contributed by atoms with E-state index in [2.05, 4.69) is 5.32 Å². The first-order chi connectivity index (χ1) is 10.9. The molecule has 23 heavy (non-hydrogen) atoms. The van der Waals surface area contributed by atoms with Gasteiger partial charge in [-0.3, -0.25) is 4.79 Å². The lowest BCUT2D eigenvalue weighted by Crippen LogP contribution is -2.27. The lowest BCUT2D eigenvalue weighted by molar-refractivity contribution is -0.120. The van der Waals surface area contributed by atoms with Crippen molar-refractivity contribution in [1.29, 1.82) is 0 Å². The quantitative estimate of drug-likeness (QED) is 0.836. The van der Waals surface area contributed by atoms with E-state index >= 15 is 0 Å². The molecule has 6 nitrogen and oxygen atoms in total. The summed E-state index contributed by atoms with van der Waals surface area (Å²) in [6.45, 7) is 0.821.